The lowest BCUT2D eigenvalue weighted by Gasteiger charge is -1.95. The third-order valence-electron chi connectivity index (χ3n) is 2.83. The van der Waals surface area contributed by atoms with E-state index < -0.39 is 0 Å². The first kappa shape index (κ1) is 20.0. The Labute approximate surface area is 153 Å². The molecule has 0 spiro atoms. The zero-order valence-electron chi connectivity index (χ0n) is 14.0. The summed E-state index contributed by atoms with van der Waals surface area (Å²) < 4.78 is 0. The Morgan fingerprint density at radius 1 is 0.962 bits per heavy atom. The van der Waals surface area contributed by atoms with Crippen LogP contribution < -0.4 is 5.73 Å². The summed E-state index contributed by atoms with van der Waals surface area (Å²) in [4.78, 5) is 4.06. The average molecular weight is 342 g/mol. The van der Waals surface area contributed by atoms with Gasteiger partial charge in [0, 0.05) is 23.7 Å². The predicted molar refractivity (Wildman–Crippen MR) is 104 cm³/mol. The van der Waals surface area contributed by atoms with Gasteiger partial charge in [-0.1, -0.05) is 54.7 Å². The minimum atomic E-state index is 0.0560. The largest absolute Gasteiger partial charge is 0.507 e. The standard InChI is InChI=1S/C21H18N4O/c22-14-18(15-23)10-6-4-2-1-3-5-7-12-20(24)17-25-16-19-11-8-9-13-21(19)26/h1-13,16-17,26H,24H2/b2-1+,5-3+,6-4+,12-7+,20-17-,25-16?. The molecule has 0 aliphatic heterocycles. The molecule has 1 rings (SSSR count). The van der Waals surface area contributed by atoms with Crippen molar-refractivity contribution >= 4 is 6.21 Å². The number of aromatic hydroxyl groups is 1. The van der Waals surface area contributed by atoms with E-state index in [4.69, 9.17) is 16.3 Å². The van der Waals surface area contributed by atoms with Gasteiger partial charge in [-0.05, 0) is 24.3 Å². The number of phenolic OH excluding ortho intramolecular Hbond substituents is 1. The molecule has 5 nitrogen and oxygen atoms in total. The average Bonchev–Trinajstić information content (AvgIpc) is 2.65. The highest BCUT2D eigenvalue weighted by Crippen LogP contribution is 2.12. The number of nitrogens with two attached hydrogens (primary N) is 1. The van der Waals surface area contributed by atoms with Crippen molar-refractivity contribution in [2.75, 3.05) is 0 Å². The lowest BCUT2D eigenvalue weighted by atomic mass is 10.2. The summed E-state index contributed by atoms with van der Waals surface area (Å²) in [7, 11) is 0. The van der Waals surface area contributed by atoms with Gasteiger partial charge in [0.2, 0.25) is 0 Å². The Balaban J connectivity index is 2.46. The second kappa shape index (κ2) is 12.3. The van der Waals surface area contributed by atoms with Crippen molar-refractivity contribution < 1.29 is 5.11 Å². The van der Waals surface area contributed by atoms with Gasteiger partial charge in [0.1, 0.15) is 23.5 Å². The molecule has 0 radical (unpaired) electrons. The molecular weight excluding hydrogens is 324 g/mol. The van der Waals surface area contributed by atoms with Crippen molar-refractivity contribution in [2.24, 2.45) is 10.7 Å². The van der Waals surface area contributed by atoms with Crippen LogP contribution in [0.15, 0.2) is 101 Å². The molecule has 0 heterocycles. The molecule has 0 amide bonds. The maximum Gasteiger partial charge on any atom is 0.129 e. The molecule has 0 saturated carbocycles. The monoisotopic (exact) mass is 342 g/mol. The van der Waals surface area contributed by atoms with E-state index in [0.717, 1.165) is 0 Å². The van der Waals surface area contributed by atoms with Crippen molar-refractivity contribution in [1.29, 1.82) is 10.5 Å². The van der Waals surface area contributed by atoms with Gasteiger partial charge in [-0.15, -0.1) is 0 Å². The second-order valence-corrected chi connectivity index (χ2v) is 4.78. The predicted octanol–water partition coefficient (Wildman–Crippen LogP) is 3.81. The van der Waals surface area contributed by atoms with E-state index in [0.29, 0.717) is 11.3 Å². The first-order valence-corrected chi connectivity index (χ1v) is 7.62. The molecule has 3 N–H and O–H groups in total. The molecule has 1 aromatic carbocycles. The first-order valence-electron chi connectivity index (χ1n) is 7.62. The number of hydrogen-bond donors (Lipinski definition) is 2. The van der Waals surface area contributed by atoms with E-state index in [1.165, 1.54) is 18.5 Å². The first-order chi connectivity index (χ1) is 12.7. The SMILES string of the molecule is N#CC(C#N)=C/C=C/C=C/C=C/C=C/C(N)=C/N=Cc1ccccc1O. The van der Waals surface area contributed by atoms with Crippen LogP contribution in [0.4, 0.5) is 0 Å². The van der Waals surface area contributed by atoms with Crippen molar-refractivity contribution in [1.82, 2.24) is 0 Å². The minimum Gasteiger partial charge on any atom is -0.507 e. The van der Waals surface area contributed by atoms with Gasteiger partial charge in [-0.2, -0.15) is 10.5 Å². The van der Waals surface area contributed by atoms with E-state index in [-0.39, 0.29) is 11.3 Å². The smallest absolute Gasteiger partial charge is 0.129 e. The lowest BCUT2D eigenvalue weighted by molar-refractivity contribution is 0.474. The Kier molecular flexibility index (Phi) is 9.48. The molecule has 0 fully saturated rings. The zero-order chi connectivity index (χ0) is 19.0. The summed E-state index contributed by atoms with van der Waals surface area (Å²) in [6, 6.07) is 10.4. The van der Waals surface area contributed by atoms with E-state index >= 15 is 0 Å². The number of para-hydroxylation sites is 1. The van der Waals surface area contributed by atoms with Crippen molar-refractivity contribution in [2.45, 2.75) is 0 Å². The van der Waals surface area contributed by atoms with Gasteiger partial charge in [-0.3, -0.25) is 4.99 Å². The molecule has 128 valence electrons. The van der Waals surface area contributed by atoms with Gasteiger partial charge in [0.25, 0.3) is 0 Å². The highest BCUT2D eigenvalue weighted by molar-refractivity contribution is 5.83. The van der Waals surface area contributed by atoms with E-state index in [1.54, 1.807) is 78.9 Å². The fourth-order valence-corrected chi connectivity index (χ4v) is 1.58. The molecule has 0 aromatic heterocycles. The van der Waals surface area contributed by atoms with Gasteiger partial charge in [0.05, 0.1) is 0 Å². The van der Waals surface area contributed by atoms with Crippen LogP contribution >= 0.6 is 0 Å². The van der Waals surface area contributed by atoms with E-state index in [2.05, 4.69) is 4.99 Å². The Morgan fingerprint density at radius 2 is 1.58 bits per heavy atom. The van der Waals surface area contributed by atoms with Gasteiger partial charge >= 0.3 is 0 Å². The molecular formula is C21H18N4O. The normalized spacial score (nSPS) is 12.3. The minimum absolute atomic E-state index is 0.0560. The summed E-state index contributed by atoms with van der Waals surface area (Å²) in [5.41, 5.74) is 6.93. The highest BCUT2D eigenvalue weighted by atomic mass is 16.3. The number of phenols is 1. The number of allylic oxidation sites excluding steroid dienone is 10. The van der Waals surface area contributed by atoms with Gasteiger partial charge in [-0.25, -0.2) is 0 Å². The summed E-state index contributed by atoms with van der Waals surface area (Å²) >= 11 is 0. The summed E-state index contributed by atoms with van der Waals surface area (Å²) in [5, 5.41) is 26.7. The third kappa shape index (κ3) is 8.52. The number of benzene rings is 1. The molecule has 1 aromatic rings. The van der Waals surface area contributed by atoms with Crippen LogP contribution in [-0.2, 0) is 0 Å². The van der Waals surface area contributed by atoms with Crippen LogP contribution in [0.5, 0.6) is 5.75 Å². The van der Waals surface area contributed by atoms with E-state index in [1.807, 2.05) is 6.07 Å². The van der Waals surface area contributed by atoms with Crippen molar-refractivity contribution in [3.05, 3.63) is 102 Å². The Morgan fingerprint density at radius 3 is 2.23 bits per heavy atom. The van der Waals surface area contributed by atoms with Gasteiger partial charge < -0.3 is 10.8 Å². The van der Waals surface area contributed by atoms with Crippen LogP contribution in [0.1, 0.15) is 5.56 Å². The zero-order valence-corrected chi connectivity index (χ0v) is 14.0. The van der Waals surface area contributed by atoms with Crippen LogP contribution in [0.3, 0.4) is 0 Å². The topological polar surface area (TPSA) is 106 Å². The number of hydrogen-bond acceptors (Lipinski definition) is 5. The second-order valence-electron chi connectivity index (χ2n) is 4.78. The fourth-order valence-electron chi connectivity index (χ4n) is 1.58. The molecule has 26 heavy (non-hydrogen) atoms. The van der Waals surface area contributed by atoms with E-state index in [9.17, 15) is 5.11 Å². The maximum atomic E-state index is 9.60. The third-order valence-corrected chi connectivity index (χ3v) is 2.83. The number of aliphatic imine (C=N–C) groups is 1. The number of nitrogens with zero attached hydrogens (tertiary/aromatic N) is 3. The van der Waals surface area contributed by atoms with Crippen LogP contribution in [0.25, 0.3) is 0 Å². The molecule has 0 aliphatic carbocycles. The molecule has 0 saturated heterocycles. The quantitative estimate of drug-likeness (QED) is 0.446. The molecule has 0 atom stereocenters. The Hall–Kier alpha value is -4.09. The molecule has 5 heteroatoms. The summed E-state index contributed by atoms with van der Waals surface area (Å²) in [5.74, 6) is 0.162. The van der Waals surface area contributed by atoms with Crippen LogP contribution in [0, 0.1) is 22.7 Å². The highest BCUT2D eigenvalue weighted by Gasteiger charge is 1.93. The van der Waals surface area contributed by atoms with Crippen LogP contribution in [0.2, 0.25) is 0 Å². The fraction of sp³-hybridized carbons (Fsp3) is 0. The molecule has 0 unspecified atom stereocenters. The number of rotatable bonds is 7. The summed E-state index contributed by atoms with van der Waals surface area (Å²) in [6.07, 6.45) is 18.4. The van der Waals surface area contributed by atoms with Crippen molar-refractivity contribution in [3.63, 3.8) is 0 Å². The summed E-state index contributed by atoms with van der Waals surface area (Å²) in [6.45, 7) is 0. The lowest BCUT2D eigenvalue weighted by Crippen LogP contribution is -1.91. The van der Waals surface area contributed by atoms with Gasteiger partial charge in [0.15, 0.2) is 0 Å². The van der Waals surface area contributed by atoms with Crippen molar-refractivity contribution in [3.8, 4) is 17.9 Å². The Bertz CT molecular complexity index is 869. The van der Waals surface area contributed by atoms with Crippen LogP contribution in [-0.4, -0.2) is 11.3 Å². The number of nitriles is 2. The maximum absolute atomic E-state index is 9.60. The molecule has 0 aliphatic rings. The molecule has 0 bridgehead atoms.